The highest BCUT2D eigenvalue weighted by Gasteiger charge is 2.24. The summed E-state index contributed by atoms with van der Waals surface area (Å²) >= 11 is 0. The Morgan fingerprint density at radius 1 is 1.57 bits per heavy atom. The Morgan fingerprint density at radius 2 is 2.43 bits per heavy atom. The first-order chi connectivity index (χ1) is 10.2. The van der Waals surface area contributed by atoms with Gasteiger partial charge in [0.2, 0.25) is 0 Å². The zero-order chi connectivity index (χ0) is 15.1. The lowest BCUT2D eigenvalue weighted by Gasteiger charge is -2.31. The van der Waals surface area contributed by atoms with Gasteiger partial charge in [-0.15, -0.1) is 0 Å². The molecule has 8 heteroatoms. The Bertz CT molecular complexity index is 451. The highest BCUT2D eigenvalue weighted by molar-refractivity contribution is 5.73. The van der Waals surface area contributed by atoms with Crippen molar-refractivity contribution in [2.45, 2.75) is 32.0 Å². The van der Waals surface area contributed by atoms with Gasteiger partial charge in [-0.25, -0.2) is 4.79 Å². The smallest absolute Gasteiger partial charge is 0.317 e. The number of amides is 2. The number of methoxy groups -OCH3 is 1. The fourth-order valence-corrected chi connectivity index (χ4v) is 2.25. The number of nitrogens with zero attached hydrogens (tertiary/aromatic N) is 3. The van der Waals surface area contributed by atoms with Crippen molar-refractivity contribution in [1.29, 1.82) is 0 Å². The Morgan fingerprint density at radius 3 is 3.19 bits per heavy atom. The Hall–Kier alpha value is -1.67. The molecule has 1 fully saturated rings. The molecule has 0 radical (unpaired) electrons. The number of nitrogens with one attached hydrogen (secondary N) is 1. The van der Waals surface area contributed by atoms with E-state index in [1.165, 1.54) is 0 Å². The van der Waals surface area contributed by atoms with Crippen LogP contribution in [0.5, 0.6) is 0 Å². The zero-order valence-electron chi connectivity index (χ0n) is 12.5. The lowest BCUT2D eigenvalue weighted by molar-refractivity contribution is -0.0102. The van der Waals surface area contributed by atoms with Crippen LogP contribution in [0.25, 0.3) is 0 Å². The first kappa shape index (κ1) is 15.7. The predicted octanol–water partition coefficient (Wildman–Crippen LogP) is 0.579. The van der Waals surface area contributed by atoms with Crippen molar-refractivity contribution in [3.8, 4) is 0 Å². The average Bonchev–Trinajstić information content (AvgIpc) is 2.98. The Kier molecular flexibility index (Phi) is 5.94. The molecule has 118 valence electrons. The van der Waals surface area contributed by atoms with E-state index in [-0.39, 0.29) is 18.7 Å². The van der Waals surface area contributed by atoms with Crippen molar-refractivity contribution >= 4 is 6.03 Å². The molecule has 1 aliphatic heterocycles. The van der Waals surface area contributed by atoms with Gasteiger partial charge in [-0.1, -0.05) is 5.16 Å². The monoisotopic (exact) mass is 298 g/mol. The summed E-state index contributed by atoms with van der Waals surface area (Å²) in [4.78, 5) is 17.6. The fraction of sp³-hybridized carbons (Fsp3) is 0.769. The quantitative estimate of drug-likeness (QED) is 0.826. The molecule has 0 aliphatic carbocycles. The maximum Gasteiger partial charge on any atom is 0.317 e. The van der Waals surface area contributed by atoms with Gasteiger partial charge < -0.3 is 24.2 Å². The summed E-state index contributed by atoms with van der Waals surface area (Å²) in [5.74, 6) is 1.07. The summed E-state index contributed by atoms with van der Waals surface area (Å²) in [6, 6.07) is -0.0667. The first-order valence-electron chi connectivity index (χ1n) is 7.11. The Balaban J connectivity index is 1.77. The topological polar surface area (TPSA) is 89.7 Å². The summed E-state index contributed by atoms with van der Waals surface area (Å²) in [6.07, 6.45) is 2.48. The van der Waals surface area contributed by atoms with Crippen LogP contribution in [0.3, 0.4) is 0 Å². The molecule has 1 aliphatic rings. The van der Waals surface area contributed by atoms with E-state index < -0.39 is 0 Å². The molecule has 0 saturated carbocycles. The van der Waals surface area contributed by atoms with E-state index >= 15 is 0 Å². The maximum absolute atomic E-state index is 11.6. The zero-order valence-corrected chi connectivity index (χ0v) is 12.5. The van der Waals surface area contributed by atoms with Gasteiger partial charge in [0.25, 0.3) is 5.89 Å². The van der Waals surface area contributed by atoms with Crippen molar-refractivity contribution in [2.24, 2.45) is 0 Å². The van der Waals surface area contributed by atoms with Crippen LogP contribution in [0.2, 0.25) is 0 Å². The van der Waals surface area contributed by atoms with E-state index in [9.17, 15) is 4.79 Å². The van der Waals surface area contributed by atoms with Crippen LogP contribution in [0, 0.1) is 0 Å². The second kappa shape index (κ2) is 7.94. The molecule has 0 spiro atoms. The Labute approximate surface area is 123 Å². The van der Waals surface area contributed by atoms with Crippen LogP contribution >= 0.6 is 0 Å². The van der Waals surface area contributed by atoms with Gasteiger partial charge in [-0.2, -0.15) is 4.98 Å². The summed E-state index contributed by atoms with van der Waals surface area (Å²) in [6.45, 7) is 2.18. The van der Waals surface area contributed by atoms with E-state index in [2.05, 4.69) is 15.5 Å². The molecule has 8 nitrogen and oxygen atoms in total. The molecule has 2 rings (SSSR count). The third-order valence-electron chi connectivity index (χ3n) is 3.36. The number of hydrogen-bond donors (Lipinski definition) is 1. The summed E-state index contributed by atoms with van der Waals surface area (Å²) in [7, 11) is 3.26. The van der Waals surface area contributed by atoms with Crippen LogP contribution < -0.4 is 5.32 Å². The number of rotatable bonds is 6. The molecule has 2 heterocycles. The number of carbonyl (C=O) groups excluding carboxylic acids is 1. The summed E-state index contributed by atoms with van der Waals surface area (Å²) in [5.41, 5.74) is 0. The van der Waals surface area contributed by atoms with Crippen molar-refractivity contribution < 1.29 is 18.8 Å². The largest absolute Gasteiger partial charge is 0.384 e. The molecule has 1 N–H and O–H groups in total. The van der Waals surface area contributed by atoms with E-state index in [0.29, 0.717) is 31.3 Å². The van der Waals surface area contributed by atoms with E-state index in [4.69, 9.17) is 14.0 Å². The van der Waals surface area contributed by atoms with Crippen molar-refractivity contribution in [3.05, 3.63) is 11.7 Å². The third-order valence-corrected chi connectivity index (χ3v) is 3.36. The second-order valence-corrected chi connectivity index (χ2v) is 4.92. The first-order valence-corrected chi connectivity index (χ1v) is 7.11. The van der Waals surface area contributed by atoms with Gasteiger partial charge in [0.05, 0.1) is 12.7 Å². The van der Waals surface area contributed by atoms with Crippen LogP contribution in [-0.2, 0) is 22.5 Å². The minimum absolute atomic E-state index is 0.00498. The molecule has 1 aromatic rings. The van der Waals surface area contributed by atoms with Crippen molar-refractivity contribution in [1.82, 2.24) is 20.4 Å². The van der Waals surface area contributed by atoms with E-state index in [0.717, 1.165) is 19.4 Å². The van der Waals surface area contributed by atoms with E-state index in [1.54, 1.807) is 19.1 Å². The van der Waals surface area contributed by atoms with Gasteiger partial charge >= 0.3 is 6.03 Å². The van der Waals surface area contributed by atoms with Gasteiger partial charge in [0.1, 0.15) is 6.61 Å². The number of piperidine rings is 1. The third kappa shape index (κ3) is 4.68. The molecule has 1 aromatic heterocycles. The molecule has 0 unspecified atom stereocenters. The van der Waals surface area contributed by atoms with Crippen LogP contribution in [0.15, 0.2) is 4.52 Å². The molecule has 2 amide bonds. The molecule has 0 bridgehead atoms. The molecular weight excluding hydrogens is 276 g/mol. The number of ether oxygens (including phenoxy) is 2. The predicted molar refractivity (Wildman–Crippen MR) is 73.7 cm³/mol. The SMILES string of the molecule is CNC(=O)N1CCC[C@@H](OCc2nc(CCOC)no2)C1. The van der Waals surface area contributed by atoms with Gasteiger partial charge in [0.15, 0.2) is 5.82 Å². The van der Waals surface area contributed by atoms with Crippen LogP contribution in [0.4, 0.5) is 4.79 Å². The van der Waals surface area contributed by atoms with Gasteiger partial charge in [0, 0.05) is 33.7 Å². The molecule has 1 atom stereocenters. The summed E-state index contributed by atoms with van der Waals surface area (Å²) < 4.78 is 15.8. The number of aromatic nitrogens is 2. The fourth-order valence-electron chi connectivity index (χ4n) is 2.25. The number of urea groups is 1. The second-order valence-electron chi connectivity index (χ2n) is 4.92. The normalized spacial score (nSPS) is 18.8. The van der Waals surface area contributed by atoms with Crippen LogP contribution in [-0.4, -0.2) is 61.0 Å². The van der Waals surface area contributed by atoms with Crippen LogP contribution in [0.1, 0.15) is 24.6 Å². The standard InChI is InChI=1S/C13H22N4O4/c1-14-13(18)17-6-3-4-10(8-17)20-9-12-15-11(16-21-12)5-7-19-2/h10H,3-9H2,1-2H3,(H,14,18)/t10-/m1/s1. The molecule has 0 aromatic carbocycles. The molecule has 21 heavy (non-hydrogen) atoms. The lowest BCUT2D eigenvalue weighted by atomic mass is 10.1. The minimum atomic E-state index is -0.0667. The highest BCUT2D eigenvalue weighted by atomic mass is 16.5. The molecular formula is C13H22N4O4. The average molecular weight is 298 g/mol. The number of likely N-dealkylation sites (tertiary alicyclic amines) is 1. The molecule has 1 saturated heterocycles. The van der Waals surface area contributed by atoms with Gasteiger partial charge in [-0.05, 0) is 12.8 Å². The van der Waals surface area contributed by atoms with Crippen molar-refractivity contribution in [2.75, 3.05) is 33.9 Å². The van der Waals surface area contributed by atoms with Crippen molar-refractivity contribution in [3.63, 3.8) is 0 Å². The van der Waals surface area contributed by atoms with E-state index in [1.807, 2.05) is 0 Å². The summed E-state index contributed by atoms with van der Waals surface area (Å²) in [5, 5.41) is 6.48. The number of carbonyl (C=O) groups is 1. The number of hydrogen-bond acceptors (Lipinski definition) is 6. The lowest BCUT2D eigenvalue weighted by Crippen LogP contribution is -2.46. The minimum Gasteiger partial charge on any atom is -0.384 e. The maximum atomic E-state index is 11.6. The highest BCUT2D eigenvalue weighted by Crippen LogP contribution is 2.15. The van der Waals surface area contributed by atoms with Gasteiger partial charge in [-0.3, -0.25) is 0 Å².